The SMILES string of the molecule is Cc1ccc(S(=O)(=O)CCC(=O)Nc2ccc3nc(-c4cccs4)[nH]c3c2)cc1. The first kappa shape index (κ1) is 19.4. The first-order chi connectivity index (χ1) is 13.9. The predicted molar refractivity (Wildman–Crippen MR) is 116 cm³/mol. The third kappa shape index (κ3) is 4.38. The van der Waals surface area contributed by atoms with Crippen LogP contribution in [0.15, 0.2) is 64.9 Å². The number of nitrogens with one attached hydrogen (secondary N) is 2. The molecule has 0 unspecified atom stereocenters. The average molecular weight is 426 g/mol. The van der Waals surface area contributed by atoms with Crippen LogP contribution >= 0.6 is 11.3 Å². The van der Waals surface area contributed by atoms with Gasteiger partial charge >= 0.3 is 0 Å². The molecule has 2 aromatic heterocycles. The lowest BCUT2D eigenvalue weighted by molar-refractivity contribution is -0.115. The van der Waals surface area contributed by atoms with Gasteiger partial charge in [0.25, 0.3) is 0 Å². The smallest absolute Gasteiger partial charge is 0.225 e. The number of hydrogen-bond acceptors (Lipinski definition) is 5. The molecule has 2 N–H and O–H groups in total. The zero-order valence-electron chi connectivity index (χ0n) is 15.7. The first-order valence-electron chi connectivity index (χ1n) is 9.04. The number of amides is 1. The van der Waals surface area contributed by atoms with Gasteiger partial charge in [-0.2, -0.15) is 0 Å². The molecule has 2 aromatic carbocycles. The second-order valence-corrected chi connectivity index (χ2v) is 9.78. The standard InChI is InChI=1S/C21H19N3O3S2/c1-14-4-7-16(8-5-14)29(26,27)12-10-20(25)22-15-6-9-17-18(13-15)24-21(23-17)19-3-2-11-28-19/h2-9,11,13H,10,12H2,1H3,(H,22,25)(H,23,24). The minimum absolute atomic E-state index is 0.113. The molecule has 148 valence electrons. The van der Waals surface area contributed by atoms with E-state index < -0.39 is 9.84 Å². The van der Waals surface area contributed by atoms with Gasteiger partial charge in [0, 0.05) is 12.1 Å². The largest absolute Gasteiger partial charge is 0.337 e. The van der Waals surface area contributed by atoms with E-state index >= 15 is 0 Å². The van der Waals surface area contributed by atoms with Crippen LogP contribution < -0.4 is 5.32 Å². The van der Waals surface area contributed by atoms with Gasteiger partial charge in [-0.25, -0.2) is 13.4 Å². The Labute approximate surface area is 172 Å². The Bertz CT molecular complexity index is 1260. The summed E-state index contributed by atoms with van der Waals surface area (Å²) in [6.07, 6.45) is -0.113. The molecule has 29 heavy (non-hydrogen) atoms. The Morgan fingerprint density at radius 2 is 1.93 bits per heavy atom. The van der Waals surface area contributed by atoms with Crippen LogP contribution in [-0.4, -0.2) is 30.0 Å². The number of rotatable bonds is 6. The zero-order valence-corrected chi connectivity index (χ0v) is 17.3. The first-order valence-corrected chi connectivity index (χ1v) is 11.6. The summed E-state index contributed by atoms with van der Waals surface area (Å²) >= 11 is 1.59. The van der Waals surface area contributed by atoms with Crippen molar-refractivity contribution in [3.8, 4) is 10.7 Å². The number of nitrogens with zero attached hydrogens (tertiary/aromatic N) is 1. The number of aromatic nitrogens is 2. The Morgan fingerprint density at radius 3 is 2.66 bits per heavy atom. The topological polar surface area (TPSA) is 91.9 Å². The second-order valence-electron chi connectivity index (χ2n) is 6.72. The van der Waals surface area contributed by atoms with E-state index in [4.69, 9.17) is 0 Å². The normalized spacial score (nSPS) is 11.6. The Balaban J connectivity index is 1.42. The molecule has 2 heterocycles. The van der Waals surface area contributed by atoms with Crippen molar-refractivity contribution >= 4 is 43.8 Å². The van der Waals surface area contributed by atoms with Gasteiger partial charge in [-0.05, 0) is 48.7 Å². The van der Waals surface area contributed by atoms with Crippen molar-refractivity contribution in [2.45, 2.75) is 18.2 Å². The monoisotopic (exact) mass is 425 g/mol. The number of fused-ring (bicyclic) bond motifs is 1. The molecule has 8 heteroatoms. The summed E-state index contributed by atoms with van der Waals surface area (Å²) in [5.41, 5.74) is 3.18. The van der Waals surface area contributed by atoms with Crippen molar-refractivity contribution in [1.29, 1.82) is 0 Å². The van der Waals surface area contributed by atoms with Crippen molar-refractivity contribution in [3.05, 3.63) is 65.5 Å². The molecule has 0 bridgehead atoms. The van der Waals surface area contributed by atoms with Gasteiger partial charge in [0.05, 0.1) is 26.6 Å². The van der Waals surface area contributed by atoms with Crippen LogP contribution in [0.4, 0.5) is 5.69 Å². The summed E-state index contributed by atoms with van der Waals surface area (Å²) in [5.74, 6) is 0.192. The third-order valence-corrected chi connectivity index (χ3v) is 7.11. The highest BCUT2D eigenvalue weighted by Crippen LogP contribution is 2.26. The van der Waals surface area contributed by atoms with Gasteiger partial charge in [-0.3, -0.25) is 4.79 Å². The fraction of sp³-hybridized carbons (Fsp3) is 0.143. The zero-order chi connectivity index (χ0) is 20.4. The Hall–Kier alpha value is -2.97. The lowest BCUT2D eigenvalue weighted by atomic mass is 10.2. The number of hydrogen-bond donors (Lipinski definition) is 2. The van der Waals surface area contributed by atoms with Crippen LogP contribution in [0.2, 0.25) is 0 Å². The molecule has 0 aliphatic rings. The van der Waals surface area contributed by atoms with Gasteiger partial charge < -0.3 is 10.3 Å². The molecule has 0 atom stereocenters. The minimum Gasteiger partial charge on any atom is -0.337 e. The molecule has 0 fully saturated rings. The van der Waals surface area contributed by atoms with Crippen LogP contribution in [-0.2, 0) is 14.6 Å². The van der Waals surface area contributed by atoms with E-state index in [-0.39, 0.29) is 23.0 Å². The molecular formula is C21H19N3O3S2. The fourth-order valence-corrected chi connectivity index (χ4v) is 4.84. The number of benzene rings is 2. The number of carbonyl (C=O) groups excluding carboxylic acids is 1. The highest BCUT2D eigenvalue weighted by Gasteiger charge is 2.16. The van der Waals surface area contributed by atoms with Gasteiger partial charge in [-0.15, -0.1) is 11.3 Å². The predicted octanol–water partition coefficient (Wildman–Crippen LogP) is 4.40. The van der Waals surface area contributed by atoms with Gasteiger partial charge in [0.2, 0.25) is 5.91 Å². The van der Waals surface area contributed by atoms with E-state index in [2.05, 4.69) is 15.3 Å². The maximum atomic E-state index is 12.4. The minimum atomic E-state index is -3.50. The quantitative estimate of drug-likeness (QED) is 0.479. The molecule has 0 saturated carbocycles. The summed E-state index contributed by atoms with van der Waals surface area (Å²) in [6.45, 7) is 1.89. The van der Waals surface area contributed by atoms with E-state index in [1.165, 1.54) is 0 Å². The van der Waals surface area contributed by atoms with E-state index in [1.54, 1.807) is 47.7 Å². The number of thiophene rings is 1. The van der Waals surface area contributed by atoms with Crippen molar-refractivity contribution in [2.24, 2.45) is 0 Å². The van der Waals surface area contributed by atoms with E-state index in [0.717, 1.165) is 27.3 Å². The van der Waals surface area contributed by atoms with E-state index in [9.17, 15) is 13.2 Å². The molecule has 4 rings (SSSR count). The molecular weight excluding hydrogens is 406 g/mol. The highest BCUT2D eigenvalue weighted by molar-refractivity contribution is 7.91. The summed E-state index contributed by atoms with van der Waals surface area (Å²) in [6, 6.07) is 16.0. The molecule has 1 amide bonds. The molecule has 6 nitrogen and oxygen atoms in total. The highest BCUT2D eigenvalue weighted by atomic mass is 32.2. The Kier molecular flexibility index (Phi) is 5.21. The maximum Gasteiger partial charge on any atom is 0.225 e. The van der Waals surface area contributed by atoms with Crippen molar-refractivity contribution in [2.75, 3.05) is 11.1 Å². The van der Waals surface area contributed by atoms with Gasteiger partial charge in [0.15, 0.2) is 9.84 Å². The van der Waals surface area contributed by atoms with E-state index in [1.807, 2.05) is 30.5 Å². The summed E-state index contributed by atoms with van der Waals surface area (Å²) in [7, 11) is -3.50. The van der Waals surface area contributed by atoms with Gasteiger partial charge in [0.1, 0.15) is 5.82 Å². The number of aromatic amines is 1. The average Bonchev–Trinajstić information content (AvgIpc) is 3.36. The van der Waals surface area contributed by atoms with Crippen molar-refractivity contribution in [1.82, 2.24) is 9.97 Å². The summed E-state index contributed by atoms with van der Waals surface area (Å²) < 4.78 is 24.8. The number of aryl methyl sites for hydroxylation is 1. The van der Waals surface area contributed by atoms with Crippen molar-refractivity contribution < 1.29 is 13.2 Å². The van der Waals surface area contributed by atoms with Crippen LogP contribution in [0, 0.1) is 6.92 Å². The second kappa shape index (κ2) is 7.81. The fourth-order valence-electron chi connectivity index (χ4n) is 2.93. The van der Waals surface area contributed by atoms with E-state index in [0.29, 0.717) is 5.69 Å². The molecule has 4 aromatic rings. The third-order valence-electron chi connectivity index (χ3n) is 4.50. The van der Waals surface area contributed by atoms with Crippen molar-refractivity contribution in [3.63, 3.8) is 0 Å². The molecule has 0 aliphatic heterocycles. The summed E-state index contributed by atoms with van der Waals surface area (Å²) in [5, 5.41) is 4.75. The number of carbonyl (C=O) groups is 1. The lowest BCUT2D eigenvalue weighted by Crippen LogP contribution is -2.17. The summed E-state index contributed by atoms with van der Waals surface area (Å²) in [4.78, 5) is 21.3. The molecule has 0 radical (unpaired) electrons. The number of sulfone groups is 1. The lowest BCUT2D eigenvalue weighted by Gasteiger charge is -2.07. The Morgan fingerprint density at radius 1 is 1.14 bits per heavy atom. The van der Waals surface area contributed by atoms with Crippen LogP contribution in [0.3, 0.4) is 0 Å². The number of H-pyrrole nitrogens is 1. The number of anilines is 1. The van der Waals surface area contributed by atoms with Crippen LogP contribution in [0.5, 0.6) is 0 Å². The van der Waals surface area contributed by atoms with Crippen LogP contribution in [0.1, 0.15) is 12.0 Å². The molecule has 0 spiro atoms. The molecule has 0 saturated heterocycles. The molecule has 0 aliphatic carbocycles. The van der Waals surface area contributed by atoms with Gasteiger partial charge in [-0.1, -0.05) is 23.8 Å². The number of imidazole rings is 1. The maximum absolute atomic E-state index is 12.4. The van der Waals surface area contributed by atoms with Crippen LogP contribution in [0.25, 0.3) is 21.7 Å².